The predicted octanol–water partition coefficient (Wildman–Crippen LogP) is 5.01. The standard InChI is InChI=1S/C22H25Cl2FN2O2/c1-4-14(2)26-22(29)15(3)27(13-16-5-9-19(25)10-6-16)21(28)11-17-7-8-18(23)12-20(17)24/h5-10,12,14-15H,4,11,13H2,1-3H3,(H,26,29)/t14-,15+/m1/s1. The van der Waals surface area contributed by atoms with E-state index in [1.54, 1.807) is 37.3 Å². The van der Waals surface area contributed by atoms with Crippen LogP contribution in [0, 0.1) is 5.82 Å². The third-order valence-corrected chi connectivity index (χ3v) is 5.38. The largest absolute Gasteiger partial charge is 0.352 e. The zero-order valence-corrected chi connectivity index (χ0v) is 18.2. The molecule has 1 N–H and O–H groups in total. The molecule has 0 saturated carbocycles. The first-order valence-electron chi connectivity index (χ1n) is 9.49. The van der Waals surface area contributed by atoms with Crippen molar-refractivity contribution in [2.75, 3.05) is 0 Å². The first kappa shape index (κ1) is 23.2. The van der Waals surface area contributed by atoms with Gasteiger partial charge in [-0.3, -0.25) is 9.59 Å². The average Bonchev–Trinajstić information content (AvgIpc) is 2.68. The minimum atomic E-state index is -0.701. The van der Waals surface area contributed by atoms with E-state index in [-0.39, 0.29) is 36.6 Å². The van der Waals surface area contributed by atoms with E-state index in [0.29, 0.717) is 15.6 Å². The summed E-state index contributed by atoms with van der Waals surface area (Å²) >= 11 is 12.1. The molecule has 156 valence electrons. The van der Waals surface area contributed by atoms with Gasteiger partial charge in [0.25, 0.3) is 0 Å². The molecule has 2 aromatic carbocycles. The van der Waals surface area contributed by atoms with Gasteiger partial charge in [0, 0.05) is 22.6 Å². The molecule has 2 aromatic rings. The second-order valence-corrected chi connectivity index (χ2v) is 7.90. The third-order valence-electron chi connectivity index (χ3n) is 4.79. The fraction of sp³-hybridized carbons (Fsp3) is 0.364. The minimum absolute atomic E-state index is 0.00145. The molecule has 2 amide bonds. The molecule has 0 aliphatic heterocycles. The molecule has 0 fully saturated rings. The van der Waals surface area contributed by atoms with Crippen LogP contribution in [0.25, 0.3) is 0 Å². The summed E-state index contributed by atoms with van der Waals surface area (Å²) in [5.41, 5.74) is 1.35. The van der Waals surface area contributed by atoms with Crippen molar-refractivity contribution in [1.29, 1.82) is 0 Å². The fourth-order valence-electron chi connectivity index (χ4n) is 2.76. The van der Waals surface area contributed by atoms with E-state index in [1.165, 1.54) is 17.0 Å². The normalized spacial score (nSPS) is 12.9. The monoisotopic (exact) mass is 438 g/mol. The summed E-state index contributed by atoms with van der Waals surface area (Å²) in [7, 11) is 0. The van der Waals surface area contributed by atoms with Crippen LogP contribution in [0.2, 0.25) is 10.0 Å². The Bertz CT molecular complexity index is 858. The summed E-state index contributed by atoms with van der Waals surface area (Å²) in [4.78, 5) is 27.2. The van der Waals surface area contributed by atoms with Gasteiger partial charge in [-0.25, -0.2) is 4.39 Å². The highest BCUT2D eigenvalue weighted by atomic mass is 35.5. The lowest BCUT2D eigenvalue weighted by Gasteiger charge is -2.30. The number of rotatable bonds is 8. The van der Waals surface area contributed by atoms with E-state index in [2.05, 4.69) is 5.32 Å². The molecule has 0 radical (unpaired) electrons. The third kappa shape index (κ3) is 6.72. The number of carbonyl (C=O) groups excluding carboxylic acids is 2. The Morgan fingerprint density at radius 1 is 1.10 bits per heavy atom. The molecule has 4 nitrogen and oxygen atoms in total. The number of benzene rings is 2. The lowest BCUT2D eigenvalue weighted by atomic mass is 10.1. The van der Waals surface area contributed by atoms with E-state index in [1.807, 2.05) is 13.8 Å². The van der Waals surface area contributed by atoms with Crippen LogP contribution < -0.4 is 5.32 Å². The highest BCUT2D eigenvalue weighted by Crippen LogP contribution is 2.22. The molecule has 29 heavy (non-hydrogen) atoms. The first-order valence-corrected chi connectivity index (χ1v) is 10.2. The van der Waals surface area contributed by atoms with E-state index < -0.39 is 6.04 Å². The van der Waals surface area contributed by atoms with E-state index in [9.17, 15) is 14.0 Å². The number of nitrogens with zero attached hydrogens (tertiary/aromatic N) is 1. The molecule has 0 spiro atoms. The Morgan fingerprint density at radius 3 is 2.34 bits per heavy atom. The Kier molecular flexibility index (Phi) is 8.47. The van der Waals surface area contributed by atoms with Crippen molar-refractivity contribution in [2.24, 2.45) is 0 Å². The molecular weight excluding hydrogens is 414 g/mol. The van der Waals surface area contributed by atoms with Gasteiger partial charge in [0.05, 0.1) is 6.42 Å². The number of carbonyl (C=O) groups is 2. The van der Waals surface area contributed by atoms with Crippen molar-refractivity contribution in [3.63, 3.8) is 0 Å². The van der Waals surface area contributed by atoms with Gasteiger partial charge >= 0.3 is 0 Å². The van der Waals surface area contributed by atoms with Gasteiger partial charge < -0.3 is 10.2 Å². The summed E-state index contributed by atoms with van der Waals surface area (Å²) in [6, 6.07) is 10.1. The van der Waals surface area contributed by atoms with E-state index >= 15 is 0 Å². The Hall–Kier alpha value is -2.11. The fourth-order valence-corrected chi connectivity index (χ4v) is 3.24. The lowest BCUT2D eigenvalue weighted by molar-refractivity contribution is -0.140. The lowest BCUT2D eigenvalue weighted by Crippen LogP contribution is -2.49. The van der Waals surface area contributed by atoms with Crippen molar-refractivity contribution in [3.05, 3.63) is 69.5 Å². The predicted molar refractivity (Wildman–Crippen MR) is 114 cm³/mol. The molecule has 7 heteroatoms. The summed E-state index contributed by atoms with van der Waals surface area (Å²) in [6.07, 6.45) is 0.808. The zero-order valence-electron chi connectivity index (χ0n) is 16.7. The summed E-state index contributed by atoms with van der Waals surface area (Å²) in [5.74, 6) is -0.857. The Labute approximate surface area is 181 Å². The molecule has 2 atom stereocenters. The molecule has 2 rings (SSSR count). The van der Waals surface area contributed by atoms with Crippen LogP contribution in [-0.2, 0) is 22.6 Å². The smallest absolute Gasteiger partial charge is 0.242 e. The molecule has 0 saturated heterocycles. The maximum absolute atomic E-state index is 13.2. The van der Waals surface area contributed by atoms with Crippen molar-refractivity contribution >= 4 is 35.0 Å². The van der Waals surface area contributed by atoms with Crippen LogP contribution in [-0.4, -0.2) is 28.8 Å². The van der Waals surface area contributed by atoms with E-state index in [4.69, 9.17) is 23.2 Å². The quantitative estimate of drug-likeness (QED) is 0.629. The second kappa shape index (κ2) is 10.6. The van der Waals surface area contributed by atoms with Crippen LogP contribution in [0.5, 0.6) is 0 Å². The van der Waals surface area contributed by atoms with Crippen molar-refractivity contribution in [1.82, 2.24) is 10.2 Å². The molecule has 0 bridgehead atoms. The molecule has 0 aromatic heterocycles. The average molecular weight is 439 g/mol. The maximum Gasteiger partial charge on any atom is 0.242 e. The topological polar surface area (TPSA) is 49.4 Å². The van der Waals surface area contributed by atoms with Gasteiger partial charge in [-0.1, -0.05) is 48.3 Å². The number of halogens is 3. The number of amides is 2. The Balaban J connectivity index is 2.25. The molecular formula is C22H25Cl2FN2O2. The van der Waals surface area contributed by atoms with Gasteiger partial charge in [-0.2, -0.15) is 0 Å². The minimum Gasteiger partial charge on any atom is -0.352 e. The van der Waals surface area contributed by atoms with Crippen LogP contribution in [0.15, 0.2) is 42.5 Å². The molecule has 0 aliphatic carbocycles. The SMILES string of the molecule is CC[C@@H](C)NC(=O)[C@H](C)N(Cc1ccc(F)cc1)C(=O)Cc1ccc(Cl)cc1Cl. The number of hydrogen-bond acceptors (Lipinski definition) is 2. The van der Waals surface area contributed by atoms with Crippen LogP contribution in [0.3, 0.4) is 0 Å². The summed E-state index contributed by atoms with van der Waals surface area (Å²) in [6.45, 7) is 5.74. The van der Waals surface area contributed by atoms with Gasteiger partial charge in [0.1, 0.15) is 11.9 Å². The van der Waals surface area contributed by atoms with Crippen LogP contribution >= 0.6 is 23.2 Å². The summed E-state index contributed by atoms with van der Waals surface area (Å²) in [5, 5.41) is 3.78. The first-order chi connectivity index (χ1) is 13.7. The van der Waals surface area contributed by atoms with Crippen LogP contribution in [0.1, 0.15) is 38.3 Å². The molecule has 0 heterocycles. The highest BCUT2D eigenvalue weighted by molar-refractivity contribution is 6.35. The van der Waals surface area contributed by atoms with Crippen molar-refractivity contribution in [3.8, 4) is 0 Å². The number of nitrogens with one attached hydrogen (secondary N) is 1. The zero-order chi connectivity index (χ0) is 21.6. The maximum atomic E-state index is 13.2. The molecule has 0 aliphatic rings. The van der Waals surface area contributed by atoms with Gasteiger partial charge in [0.15, 0.2) is 0 Å². The highest BCUT2D eigenvalue weighted by Gasteiger charge is 2.27. The van der Waals surface area contributed by atoms with Crippen molar-refractivity contribution < 1.29 is 14.0 Å². The van der Waals surface area contributed by atoms with Gasteiger partial charge in [-0.05, 0) is 55.7 Å². The van der Waals surface area contributed by atoms with Gasteiger partial charge in [0.2, 0.25) is 11.8 Å². The van der Waals surface area contributed by atoms with Crippen LogP contribution in [0.4, 0.5) is 4.39 Å². The Morgan fingerprint density at radius 2 is 1.76 bits per heavy atom. The van der Waals surface area contributed by atoms with Crippen molar-refractivity contribution in [2.45, 2.75) is 52.2 Å². The second-order valence-electron chi connectivity index (χ2n) is 7.05. The molecule has 0 unspecified atom stereocenters. The number of hydrogen-bond donors (Lipinski definition) is 1. The summed E-state index contributed by atoms with van der Waals surface area (Å²) < 4.78 is 13.2. The van der Waals surface area contributed by atoms with E-state index in [0.717, 1.165) is 12.0 Å². The van der Waals surface area contributed by atoms with Gasteiger partial charge in [-0.15, -0.1) is 0 Å².